The van der Waals surface area contributed by atoms with Crippen LogP contribution in [-0.2, 0) is 0 Å². The van der Waals surface area contributed by atoms with E-state index < -0.39 is 5.09 Å². The van der Waals surface area contributed by atoms with Crippen LogP contribution in [0.25, 0.3) is 0 Å². The SMILES string of the molecule is CC(=N)N.O=[N+]([O-])O. The maximum Gasteiger partial charge on any atom is 0.291 e. The maximum atomic E-state index is 8.36. The molecular formula is C2H7N3O3. The van der Waals surface area contributed by atoms with Crippen LogP contribution in [0.1, 0.15) is 6.92 Å². The molecule has 8 heavy (non-hydrogen) atoms. The van der Waals surface area contributed by atoms with E-state index in [9.17, 15) is 0 Å². The van der Waals surface area contributed by atoms with Crippen LogP contribution in [0.5, 0.6) is 0 Å². The zero-order valence-corrected chi connectivity index (χ0v) is 4.29. The van der Waals surface area contributed by atoms with Crippen LogP contribution in [0, 0.1) is 15.5 Å². The van der Waals surface area contributed by atoms with Crippen LogP contribution in [0.15, 0.2) is 0 Å². The highest BCUT2D eigenvalue weighted by molar-refractivity contribution is 5.73. The molecule has 0 radical (unpaired) electrons. The molecule has 6 heteroatoms. The van der Waals surface area contributed by atoms with E-state index in [1.807, 2.05) is 0 Å². The Kier molecular flexibility index (Phi) is 6.97. The van der Waals surface area contributed by atoms with Gasteiger partial charge in [0, 0.05) is 0 Å². The molecule has 0 amide bonds. The molecule has 0 heterocycles. The monoisotopic (exact) mass is 121 g/mol. The fourth-order valence-electron chi connectivity index (χ4n) is 0. The molecule has 4 N–H and O–H groups in total. The molecule has 0 bridgehead atoms. The van der Waals surface area contributed by atoms with Crippen molar-refractivity contribution in [2.75, 3.05) is 0 Å². The predicted molar refractivity (Wildman–Crippen MR) is 26.4 cm³/mol. The Hall–Kier alpha value is -1.33. The molecule has 0 aliphatic heterocycles. The highest BCUT2D eigenvalue weighted by atomic mass is 16.9. The minimum atomic E-state index is -1.50. The molecule has 0 aromatic heterocycles. The van der Waals surface area contributed by atoms with Crippen molar-refractivity contribution in [1.82, 2.24) is 0 Å². The highest BCUT2D eigenvalue weighted by Gasteiger charge is 1.65. The molecule has 0 rings (SSSR count). The molecule has 48 valence electrons. The standard InChI is InChI=1S/C2H6N2.HNO3/c1-2(3)4;2-1(3)4/h1H3,(H3,3,4);(H,2,3,4). The number of rotatable bonds is 0. The first-order valence-corrected chi connectivity index (χ1v) is 1.60. The van der Waals surface area contributed by atoms with Crippen molar-refractivity contribution in [3.8, 4) is 0 Å². The lowest BCUT2D eigenvalue weighted by molar-refractivity contribution is -0.742. The van der Waals surface area contributed by atoms with Gasteiger partial charge in [0.15, 0.2) is 0 Å². The van der Waals surface area contributed by atoms with Gasteiger partial charge >= 0.3 is 0 Å². The third-order valence-corrected chi connectivity index (χ3v) is 0. The van der Waals surface area contributed by atoms with Crippen LogP contribution in [-0.4, -0.2) is 16.1 Å². The van der Waals surface area contributed by atoms with E-state index in [2.05, 4.69) is 0 Å². The van der Waals surface area contributed by atoms with Crippen molar-refractivity contribution in [2.24, 2.45) is 5.73 Å². The number of nitrogens with two attached hydrogens (primary N) is 1. The summed E-state index contributed by atoms with van der Waals surface area (Å²) in [6.07, 6.45) is 0. The lowest BCUT2D eigenvalue weighted by Gasteiger charge is -1.66. The first-order chi connectivity index (χ1) is 3.46. The molecule has 6 nitrogen and oxygen atoms in total. The van der Waals surface area contributed by atoms with Gasteiger partial charge in [0.1, 0.15) is 0 Å². The Labute approximate surface area is 45.5 Å². The van der Waals surface area contributed by atoms with Crippen molar-refractivity contribution in [3.63, 3.8) is 0 Å². The van der Waals surface area contributed by atoms with E-state index in [1.54, 1.807) is 0 Å². The van der Waals surface area contributed by atoms with Gasteiger partial charge in [-0.3, -0.25) is 5.41 Å². The molecular weight excluding hydrogens is 114 g/mol. The number of amidine groups is 1. The second-order valence-corrected chi connectivity index (χ2v) is 0.921. The number of hydrogen-bond donors (Lipinski definition) is 3. The van der Waals surface area contributed by atoms with Gasteiger partial charge in [-0.25, -0.2) is 0 Å². The summed E-state index contributed by atoms with van der Waals surface area (Å²) in [5.74, 6) is 0.167. The van der Waals surface area contributed by atoms with Crippen molar-refractivity contribution in [2.45, 2.75) is 6.92 Å². The van der Waals surface area contributed by atoms with E-state index in [0.29, 0.717) is 0 Å². The minimum absolute atomic E-state index is 0.167. The van der Waals surface area contributed by atoms with E-state index in [1.165, 1.54) is 6.92 Å². The highest BCUT2D eigenvalue weighted by Crippen LogP contribution is 1.38. The zero-order valence-electron chi connectivity index (χ0n) is 4.29. The number of hydrogen-bond acceptors (Lipinski definition) is 3. The smallest absolute Gasteiger partial charge is 0.291 e. The third kappa shape index (κ3) is 35.6. The van der Waals surface area contributed by atoms with Gasteiger partial charge in [-0.15, -0.1) is 10.1 Å². The summed E-state index contributed by atoms with van der Waals surface area (Å²) < 4.78 is 0. The van der Waals surface area contributed by atoms with Gasteiger partial charge in [-0.2, -0.15) is 0 Å². The molecule has 0 aliphatic carbocycles. The van der Waals surface area contributed by atoms with Crippen molar-refractivity contribution in [1.29, 1.82) is 5.41 Å². The lowest BCUT2D eigenvalue weighted by atomic mass is 10.8. The summed E-state index contributed by atoms with van der Waals surface area (Å²) >= 11 is 0. The molecule has 0 saturated carbocycles. The first kappa shape index (κ1) is 9.83. The summed E-state index contributed by atoms with van der Waals surface area (Å²) in [6.45, 7) is 1.53. The number of nitrogens with zero attached hydrogens (tertiary/aromatic N) is 1. The van der Waals surface area contributed by atoms with Gasteiger partial charge in [-0.05, 0) is 6.92 Å². The molecule has 0 aromatic carbocycles. The van der Waals surface area contributed by atoms with Crippen LogP contribution in [0.2, 0.25) is 0 Å². The Morgan fingerprint density at radius 2 is 2.00 bits per heavy atom. The van der Waals surface area contributed by atoms with Gasteiger partial charge in [0.05, 0.1) is 5.84 Å². The molecule has 0 unspecified atom stereocenters. The van der Waals surface area contributed by atoms with E-state index in [0.717, 1.165) is 0 Å². The largest absolute Gasteiger partial charge is 0.388 e. The molecule has 0 fully saturated rings. The van der Waals surface area contributed by atoms with Crippen molar-refractivity contribution in [3.05, 3.63) is 10.1 Å². The zero-order chi connectivity index (χ0) is 7.15. The molecule has 0 atom stereocenters. The van der Waals surface area contributed by atoms with E-state index in [-0.39, 0.29) is 5.84 Å². The summed E-state index contributed by atoms with van der Waals surface area (Å²) in [4.78, 5) is 8.36. The summed E-state index contributed by atoms with van der Waals surface area (Å²) in [7, 11) is 0. The minimum Gasteiger partial charge on any atom is -0.388 e. The van der Waals surface area contributed by atoms with Crippen LogP contribution in [0.3, 0.4) is 0 Å². The second-order valence-electron chi connectivity index (χ2n) is 0.921. The molecule has 0 aromatic rings. The van der Waals surface area contributed by atoms with Crippen molar-refractivity contribution >= 4 is 5.84 Å². The average Bonchev–Trinajstić information content (AvgIpc) is 1.25. The summed E-state index contributed by atoms with van der Waals surface area (Å²) in [6, 6.07) is 0. The van der Waals surface area contributed by atoms with Crippen LogP contribution < -0.4 is 5.73 Å². The van der Waals surface area contributed by atoms with E-state index >= 15 is 0 Å². The van der Waals surface area contributed by atoms with Gasteiger partial charge in [0.25, 0.3) is 5.09 Å². The quantitative estimate of drug-likeness (QED) is 0.175. The molecule has 0 aliphatic rings. The van der Waals surface area contributed by atoms with Gasteiger partial charge in [-0.1, -0.05) is 0 Å². The summed E-state index contributed by atoms with van der Waals surface area (Å²) in [5.41, 5.74) is 4.69. The molecule has 0 saturated heterocycles. The number of nitrogens with one attached hydrogen (secondary N) is 1. The molecule has 0 spiro atoms. The van der Waals surface area contributed by atoms with Crippen LogP contribution in [0.4, 0.5) is 0 Å². The topological polar surface area (TPSA) is 113 Å². The Morgan fingerprint density at radius 3 is 2.00 bits per heavy atom. The first-order valence-electron chi connectivity index (χ1n) is 1.60. The Balaban J connectivity index is 0. The van der Waals surface area contributed by atoms with E-state index in [4.69, 9.17) is 26.5 Å². The fraction of sp³-hybridized carbons (Fsp3) is 0.500. The average molecular weight is 121 g/mol. The third-order valence-electron chi connectivity index (χ3n) is 0. The lowest BCUT2D eigenvalue weighted by Crippen LogP contribution is -2.00. The Morgan fingerprint density at radius 1 is 2.00 bits per heavy atom. The normalized spacial score (nSPS) is 6.12. The predicted octanol–water partition coefficient (Wildman–Crippen LogP) is -0.405. The van der Waals surface area contributed by atoms with Crippen LogP contribution >= 0.6 is 0 Å². The summed E-state index contributed by atoms with van der Waals surface area (Å²) in [5, 5.41) is 19.9. The Bertz CT molecular complexity index is 70.5. The second kappa shape index (κ2) is 5.67. The maximum absolute atomic E-state index is 8.36. The van der Waals surface area contributed by atoms with Crippen molar-refractivity contribution < 1.29 is 10.3 Å². The van der Waals surface area contributed by atoms with Gasteiger partial charge < -0.3 is 10.9 Å². The fourth-order valence-corrected chi connectivity index (χ4v) is 0. The van der Waals surface area contributed by atoms with Gasteiger partial charge in [0.2, 0.25) is 0 Å².